The van der Waals surface area contributed by atoms with E-state index in [2.05, 4.69) is 10.3 Å². The highest BCUT2D eigenvalue weighted by Crippen LogP contribution is 2.38. The van der Waals surface area contributed by atoms with E-state index in [-0.39, 0.29) is 11.3 Å². The molecular formula is C15H23N3O. The van der Waals surface area contributed by atoms with Crippen LogP contribution < -0.4 is 11.1 Å². The molecule has 0 bridgehead atoms. The normalized spacial score (nSPS) is 17.9. The molecule has 104 valence electrons. The monoisotopic (exact) mass is 261 g/mol. The molecule has 0 spiro atoms. The third kappa shape index (κ3) is 4.03. The molecule has 1 saturated carbocycles. The Morgan fingerprint density at radius 1 is 1.32 bits per heavy atom. The van der Waals surface area contributed by atoms with E-state index in [1.54, 1.807) is 6.20 Å². The average molecular weight is 261 g/mol. The van der Waals surface area contributed by atoms with E-state index in [0.29, 0.717) is 19.5 Å². The Balaban J connectivity index is 1.83. The zero-order chi connectivity index (χ0) is 13.6. The maximum Gasteiger partial charge on any atom is 0.220 e. The maximum absolute atomic E-state index is 12.1. The maximum atomic E-state index is 12.1. The van der Waals surface area contributed by atoms with Gasteiger partial charge in [0.05, 0.1) is 12.2 Å². The molecule has 0 aromatic carbocycles. The van der Waals surface area contributed by atoms with Crippen LogP contribution in [0.2, 0.25) is 0 Å². The lowest BCUT2D eigenvalue weighted by Gasteiger charge is -2.35. The number of hydrogen-bond donors (Lipinski definition) is 2. The van der Waals surface area contributed by atoms with Crippen LogP contribution in [0.5, 0.6) is 0 Å². The number of nitrogens with zero attached hydrogens (tertiary/aromatic N) is 1. The van der Waals surface area contributed by atoms with Gasteiger partial charge >= 0.3 is 0 Å². The fraction of sp³-hybridized carbons (Fsp3) is 0.600. The van der Waals surface area contributed by atoms with Crippen LogP contribution in [0, 0.1) is 5.41 Å². The van der Waals surface area contributed by atoms with E-state index in [1.807, 2.05) is 18.2 Å². The number of pyridine rings is 1. The number of carbonyl (C=O) groups is 1. The standard InChI is InChI=1S/C15H23N3O/c16-12-15(7-3-1-4-8-15)10-14(19)18-11-13-6-2-5-9-17-13/h2,5-6,9H,1,3-4,7-8,10-12,16H2,(H,18,19). The lowest BCUT2D eigenvalue weighted by molar-refractivity contribution is -0.124. The van der Waals surface area contributed by atoms with Crippen LogP contribution in [0.15, 0.2) is 24.4 Å². The highest BCUT2D eigenvalue weighted by atomic mass is 16.1. The number of carbonyl (C=O) groups excluding carboxylic acids is 1. The Morgan fingerprint density at radius 2 is 2.11 bits per heavy atom. The summed E-state index contributed by atoms with van der Waals surface area (Å²) in [6, 6.07) is 5.72. The molecule has 1 aromatic heterocycles. The zero-order valence-electron chi connectivity index (χ0n) is 11.4. The van der Waals surface area contributed by atoms with Gasteiger partial charge < -0.3 is 11.1 Å². The van der Waals surface area contributed by atoms with Gasteiger partial charge in [0.1, 0.15) is 0 Å². The van der Waals surface area contributed by atoms with Crippen LogP contribution in [-0.4, -0.2) is 17.4 Å². The molecule has 1 aliphatic carbocycles. The van der Waals surface area contributed by atoms with Crippen molar-refractivity contribution in [1.29, 1.82) is 0 Å². The van der Waals surface area contributed by atoms with E-state index < -0.39 is 0 Å². The molecule has 0 unspecified atom stereocenters. The average Bonchev–Trinajstić information content (AvgIpc) is 2.47. The van der Waals surface area contributed by atoms with Crippen molar-refractivity contribution in [2.24, 2.45) is 11.1 Å². The summed E-state index contributed by atoms with van der Waals surface area (Å²) in [7, 11) is 0. The van der Waals surface area contributed by atoms with Gasteiger partial charge in [-0.15, -0.1) is 0 Å². The second kappa shape index (κ2) is 6.66. The first-order valence-electron chi connectivity index (χ1n) is 7.11. The van der Waals surface area contributed by atoms with Crippen molar-refractivity contribution in [3.63, 3.8) is 0 Å². The lowest BCUT2D eigenvalue weighted by atomic mass is 9.71. The number of nitrogens with two attached hydrogens (primary N) is 1. The summed E-state index contributed by atoms with van der Waals surface area (Å²) in [5, 5.41) is 2.95. The van der Waals surface area contributed by atoms with Crippen molar-refractivity contribution >= 4 is 5.91 Å². The molecule has 1 aromatic rings. The minimum atomic E-state index is 0.0342. The summed E-state index contributed by atoms with van der Waals surface area (Å²) in [4.78, 5) is 16.2. The van der Waals surface area contributed by atoms with Crippen molar-refractivity contribution in [3.8, 4) is 0 Å². The Bertz CT molecular complexity index is 399. The minimum Gasteiger partial charge on any atom is -0.350 e. The van der Waals surface area contributed by atoms with Crippen LogP contribution in [-0.2, 0) is 11.3 Å². The fourth-order valence-corrected chi connectivity index (χ4v) is 2.85. The molecule has 0 aliphatic heterocycles. The van der Waals surface area contributed by atoms with E-state index >= 15 is 0 Å². The van der Waals surface area contributed by atoms with Crippen molar-refractivity contribution in [2.75, 3.05) is 6.54 Å². The molecule has 1 fully saturated rings. The van der Waals surface area contributed by atoms with Crippen molar-refractivity contribution < 1.29 is 4.79 Å². The molecular weight excluding hydrogens is 238 g/mol. The number of aromatic nitrogens is 1. The topological polar surface area (TPSA) is 68.0 Å². The van der Waals surface area contributed by atoms with Gasteiger partial charge in [-0.25, -0.2) is 0 Å². The van der Waals surface area contributed by atoms with E-state index in [1.165, 1.54) is 19.3 Å². The Morgan fingerprint density at radius 3 is 2.74 bits per heavy atom. The second-order valence-corrected chi connectivity index (χ2v) is 5.54. The molecule has 4 nitrogen and oxygen atoms in total. The Labute approximate surface area is 114 Å². The molecule has 4 heteroatoms. The number of nitrogens with one attached hydrogen (secondary N) is 1. The first-order chi connectivity index (χ1) is 9.24. The molecule has 0 radical (unpaired) electrons. The largest absolute Gasteiger partial charge is 0.350 e. The Kier molecular flexibility index (Phi) is 4.91. The molecule has 1 amide bonds. The van der Waals surface area contributed by atoms with Crippen LogP contribution in [0.4, 0.5) is 0 Å². The molecule has 2 rings (SSSR count). The molecule has 1 heterocycles. The quantitative estimate of drug-likeness (QED) is 0.851. The van der Waals surface area contributed by atoms with Gasteiger partial charge in [-0.05, 0) is 36.9 Å². The summed E-state index contributed by atoms with van der Waals surface area (Å²) in [5.41, 5.74) is 6.83. The smallest absolute Gasteiger partial charge is 0.220 e. The third-order valence-electron chi connectivity index (χ3n) is 4.08. The van der Waals surface area contributed by atoms with Gasteiger partial charge in [0.2, 0.25) is 5.91 Å². The number of amides is 1. The van der Waals surface area contributed by atoms with Crippen LogP contribution in [0.3, 0.4) is 0 Å². The van der Waals surface area contributed by atoms with E-state index in [0.717, 1.165) is 18.5 Å². The van der Waals surface area contributed by atoms with Gasteiger partial charge in [0.15, 0.2) is 0 Å². The predicted molar refractivity (Wildman–Crippen MR) is 75.3 cm³/mol. The number of hydrogen-bond acceptors (Lipinski definition) is 3. The molecule has 0 atom stereocenters. The number of rotatable bonds is 5. The van der Waals surface area contributed by atoms with E-state index in [4.69, 9.17) is 5.73 Å². The summed E-state index contributed by atoms with van der Waals surface area (Å²) >= 11 is 0. The van der Waals surface area contributed by atoms with Gasteiger partial charge in [0.25, 0.3) is 0 Å². The van der Waals surface area contributed by atoms with Crippen LogP contribution >= 0.6 is 0 Å². The van der Waals surface area contributed by atoms with Gasteiger partial charge in [-0.3, -0.25) is 9.78 Å². The first-order valence-corrected chi connectivity index (χ1v) is 7.11. The fourth-order valence-electron chi connectivity index (χ4n) is 2.85. The van der Waals surface area contributed by atoms with Crippen molar-refractivity contribution in [2.45, 2.75) is 45.1 Å². The highest BCUT2D eigenvalue weighted by molar-refractivity contribution is 5.76. The zero-order valence-corrected chi connectivity index (χ0v) is 11.4. The second-order valence-electron chi connectivity index (χ2n) is 5.54. The summed E-state index contributed by atoms with van der Waals surface area (Å²) < 4.78 is 0. The first kappa shape index (κ1) is 14.0. The van der Waals surface area contributed by atoms with E-state index in [9.17, 15) is 4.79 Å². The minimum absolute atomic E-state index is 0.0342. The SMILES string of the molecule is NCC1(CC(=O)NCc2ccccn2)CCCCC1. The summed E-state index contributed by atoms with van der Waals surface area (Å²) in [6.45, 7) is 1.12. The van der Waals surface area contributed by atoms with Crippen LogP contribution in [0.1, 0.15) is 44.2 Å². The highest BCUT2D eigenvalue weighted by Gasteiger charge is 2.32. The Hall–Kier alpha value is -1.42. The van der Waals surface area contributed by atoms with Crippen LogP contribution in [0.25, 0.3) is 0 Å². The van der Waals surface area contributed by atoms with Gasteiger partial charge in [-0.2, -0.15) is 0 Å². The molecule has 1 aliphatic rings. The van der Waals surface area contributed by atoms with Crippen molar-refractivity contribution in [3.05, 3.63) is 30.1 Å². The summed E-state index contributed by atoms with van der Waals surface area (Å²) in [5.74, 6) is 0.0954. The lowest BCUT2D eigenvalue weighted by Crippen LogP contribution is -2.38. The van der Waals surface area contributed by atoms with Gasteiger partial charge in [-0.1, -0.05) is 25.3 Å². The summed E-state index contributed by atoms with van der Waals surface area (Å²) in [6.07, 6.45) is 8.13. The predicted octanol–water partition coefficient (Wildman–Crippen LogP) is 2.00. The molecule has 19 heavy (non-hydrogen) atoms. The van der Waals surface area contributed by atoms with Crippen molar-refractivity contribution in [1.82, 2.24) is 10.3 Å². The van der Waals surface area contributed by atoms with Gasteiger partial charge in [0, 0.05) is 12.6 Å². The third-order valence-corrected chi connectivity index (χ3v) is 4.08. The molecule has 0 saturated heterocycles. The molecule has 3 N–H and O–H groups in total.